The molecule has 3 N–H and O–H groups in total. The van der Waals surface area contributed by atoms with Crippen LogP contribution in [0.1, 0.15) is 40.0 Å². The fourth-order valence-corrected chi connectivity index (χ4v) is 1.04. The van der Waals surface area contributed by atoms with Gasteiger partial charge < -0.3 is 11.1 Å². The first-order valence-electron chi connectivity index (χ1n) is 5.30. The second-order valence-electron chi connectivity index (χ2n) is 4.75. The molecule has 0 aliphatic rings. The quantitative estimate of drug-likeness (QED) is 0.670. The molecule has 15 heavy (non-hydrogen) atoms. The normalized spacial score (nSPS) is 13.0. The smallest absolute Gasteiger partial charge is 0.237 e. The van der Waals surface area contributed by atoms with Gasteiger partial charge in [0.25, 0.3) is 0 Å². The van der Waals surface area contributed by atoms with E-state index in [4.69, 9.17) is 11.0 Å². The number of nitrogens with two attached hydrogens (primary N) is 1. The summed E-state index contributed by atoms with van der Waals surface area (Å²) in [6.45, 7) is 6.41. The molecule has 1 atom stereocenters. The van der Waals surface area contributed by atoms with E-state index in [0.29, 0.717) is 13.0 Å². The minimum atomic E-state index is -0.478. The molecule has 0 aromatic heterocycles. The van der Waals surface area contributed by atoms with E-state index in [2.05, 4.69) is 11.4 Å². The molecular weight excluding hydrogens is 190 g/mol. The molecule has 86 valence electrons. The lowest BCUT2D eigenvalue weighted by Gasteiger charge is -2.25. The lowest BCUT2D eigenvalue weighted by Crippen LogP contribution is -2.48. The van der Waals surface area contributed by atoms with E-state index in [9.17, 15) is 4.79 Å². The molecule has 4 heteroatoms. The maximum absolute atomic E-state index is 11.5. The van der Waals surface area contributed by atoms with Gasteiger partial charge in [0.05, 0.1) is 12.1 Å². The van der Waals surface area contributed by atoms with Gasteiger partial charge in [-0.05, 0) is 18.3 Å². The molecule has 4 nitrogen and oxygen atoms in total. The van der Waals surface area contributed by atoms with Gasteiger partial charge in [0.2, 0.25) is 5.91 Å². The summed E-state index contributed by atoms with van der Waals surface area (Å²) in [5.74, 6) is -0.112. The highest BCUT2D eigenvalue weighted by Gasteiger charge is 2.26. The van der Waals surface area contributed by atoms with E-state index < -0.39 is 6.04 Å². The molecule has 0 fully saturated rings. The standard InChI is InChI=1S/C11H21N3O/c1-11(2,3)9(13)10(15)14-8-6-4-5-7-12/h9H,4-6,8,13H2,1-3H3,(H,14,15)/t9-/m1/s1. The first kappa shape index (κ1) is 13.9. The fourth-order valence-electron chi connectivity index (χ4n) is 1.04. The minimum Gasteiger partial charge on any atom is -0.355 e. The molecule has 0 aliphatic carbocycles. The molecule has 0 aromatic carbocycles. The van der Waals surface area contributed by atoms with Gasteiger partial charge >= 0.3 is 0 Å². The van der Waals surface area contributed by atoms with Gasteiger partial charge in [-0.2, -0.15) is 5.26 Å². The van der Waals surface area contributed by atoms with Gasteiger partial charge in [0.1, 0.15) is 0 Å². The summed E-state index contributed by atoms with van der Waals surface area (Å²) in [5, 5.41) is 11.1. The maximum atomic E-state index is 11.5. The number of nitrogens with one attached hydrogen (secondary N) is 1. The van der Waals surface area contributed by atoms with Gasteiger partial charge in [-0.15, -0.1) is 0 Å². The average molecular weight is 211 g/mol. The number of unbranched alkanes of at least 4 members (excludes halogenated alkanes) is 2. The van der Waals surface area contributed by atoms with Gasteiger partial charge in [-0.3, -0.25) is 4.79 Å². The Hall–Kier alpha value is -1.08. The van der Waals surface area contributed by atoms with Crippen LogP contribution in [0.15, 0.2) is 0 Å². The lowest BCUT2D eigenvalue weighted by molar-refractivity contribution is -0.124. The summed E-state index contributed by atoms with van der Waals surface area (Å²) >= 11 is 0. The highest BCUT2D eigenvalue weighted by molar-refractivity contribution is 5.82. The van der Waals surface area contributed by atoms with E-state index in [1.165, 1.54) is 0 Å². The van der Waals surface area contributed by atoms with E-state index in [1.54, 1.807) is 0 Å². The van der Waals surface area contributed by atoms with Crippen molar-refractivity contribution in [1.29, 1.82) is 5.26 Å². The molecule has 0 radical (unpaired) electrons. The Kier molecular flexibility index (Phi) is 5.95. The van der Waals surface area contributed by atoms with E-state index in [1.807, 2.05) is 20.8 Å². The summed E-state index contributed by atoms with van der Waals surface area (Å²) in [5.41, 5.74) is 5.56. The Morgan fingerprint density at radius 2 is 2.07 bits per heavy atom. The third kappa shape index (κ3) is 6.08. The first-order valence-corrected chi connectivity index (χ1v) is 5.30. The summed E-state index contributed by atoms with van der Waals surface area (Å²) in [4.78, 5) is 11.5. The number of hydrogen-bond acceptors (Lipinski definition) is 3. The Morgan fingerprint density at radius 1 is 1.47 bits per heavy atom. The zero-order valence-electron chi connectivity index (χ0n) is 9.84. The maximum Gasteiger partial charge on any atom is 0.237 e. The van der Waals surface area contributed by atoms with Gasteiger partial charge in [0.15, 0.2) is 0 Å². The number of amides is 1. The van der Waals surface area contributed by atoms with Crippen LogP contribution in [-0.4, -0.2) is 18.5 Å². The monoisotopic (exact) mass is 211 g/mol. The van der Waals surface area contributed by atoms with Crippen LogP contribution in [0, 0.1) is 16.7 Å². The third-order valence-electron chi connectivity index (χ3n) is 2.23. The molecule has 0 unspecified atom stereocenters. The molecule has 0 aliphatic heterocycles. The number of carbonyl (C=O) groups is 1. The van der Waals surface area contributed by atoms with Crippen LogP contribution >= 0.6 is 0 Å². The second-order valence-corrected chi connectivity index (χ2v) is 4.75. The number of nitriles is 1. The summed E-state index contributed by atoms with van der Waals surface area (Å²) in [6, 6.07) is 1.59. The fraction of sp³-hybridized carbons (Fsp3) is 0.818. The highest BCUT2D eigenvalue weighted by atomic mass is 16.2. The van der Waals surface area contributed by atoms with Crippen molar-refractivity contribution in [2.45, 2.75) is 46.1 Å². The zero-order valence-corrected chi connectivity index (χ0v) is 9.84. The van der Waals surface area contributed by atoms with Crippen LogP contribution < -0.4 is 11.1 Å². The molecule has 0 aromatic rings. The second kappa shape index (κ2) is 6.41. The van der Waals surface area contributed by atoms with Crippen molar-refractivity contribution < 1.29 is 4.79 Å². The van der Waals surface area contributed by atoms with Crippen molar-refractivity contribution in [2.75, 3.05) is 6.54 Å². The van der Waals surface area contributed by atoms with Crippen LogP contribution in [0.3, 0.4) is 0 Å². The van der Waals surface area contributed by atoms with Crippen molar-refractivity contribution >= 4 is 5.91 Å². The Bertz CT molecular complexity index is 237. The summed E-state index contributed by atoms with van der Waals surface area (Å²) < 4.78 is 0. The topological polar surface area (TPSA) is 78.9 Å². The van der Waals surface area contributed by atoms with E-state index >= 15 is 0 Å². The zero-order chi connectivity index (χ0) is 11.9. The minimum absolute atomic E-state index is 0.112. The highest BCUT2D eigenvalue weighted by Crippen LogP contribution is 2.16. The number of nitrogens with zero attached hydrogens (tertiary/aromatic N) is 1. The molecule has 0 saturated carbocycles. The molecule has 1 amide bonds. The van der Waals surface area contributed by atoms with Gasteiger partial charge in [-0.1, -0.05) is 20.8 Å². The molecule has 0 bridgehead atoms. The van der Waals surface area contributed by atoms with Crippen LogP contribution in [0.4, 0.5) is 0 Å². The summed E-state index contributed by atoms with van der Waals surface area (Å²) in [7, 11) is 0. The average Bonchev–Trinajstić information content (AvgIpc) is 2.14. The van der Waals surface area contributed by atoms with E-state index in [0.717, 1.165) is 12.8 Å². The van der Waals surface area contributed by atoms with Crippen molar-refractivity contribution in [2.24, 2.45) is 11.1 Å². The first-order chi connectivity index (χ1) is 6.89. The molecular formula is C11H21N3O. The Balaban J connectivity index is 3.71. The van der Waals surface area contributed by atoms with Crippen molar-refractivity contribution in [1.82, 2.24) is 5.32 Å². The van der Waals surface area contributed by atoms with Gasteiger partial charge in [0, 0.05) is 13.0 Å². The van der Waals surface area contributed by atoms with Crippen LogP contribution in [0.25, 0.3) is 0 Å². The number of carbonyl (C=O) groups excluding carboxylic acids is 1. The number of rotatable bonds is 5. The predicted octanol–water partition coefficient (Wildman–Crippen LogP) is 1.17. The van der Waals surface area contributed by atoms with Crippen LogP contribution in [0.5, 0.6) is 0 Å². The molecule has 0 saturated heterocycles. The van der Waals surface area contributed by atoms with Crippen molar-refractivity contribution in [3.8, 4) is 6.07 Å². The predicted molar refractivity (Wildman–Crippen MR) is 59.9 cm³/mol. The van der Waals surface area contributed by atoms with E-state index in [-0.39, 0.29) is 11.3 Å². The third-order valence-corrected chi connectivity index (χ3v) is 2.23. The van der Waals surface area contributed by atoms with Crippen LogP contribution in [-0.2, 0) is 4.79 Å². The van der Waals surface area contributed by atoms with Crippen LogP contribution in [0.2, 0.25) is 0 Å². The van der Waals surface area contributed by atoms with Gasteiger partial charge in [-0.25, -0.2) is 0 Å². The molecule has 0 spiro atoms. The lowest BCUT2D eigenvalue weighted by atomic mass is 9.87. The summed E-state index contributed by atoms with van der Waals surface area (Å²) in [6.07, 6.45) is 2.19. The van der Waals surface area contributed by atoms with Crippen molar-refractivity contribution in [3.63, 3.8) is 0 Å². The SMILES string of the molecule is CC(C)(C)[C@H](N)C(=O)NCCCCC#N. The Morgan fingerprint density at radius 3 is 2.53 bits per heavy atom. The largest absolute Gasteiger partial charge is 0.355 e. The molecule has 0 rings (SSSR count). The molecule has 0 heterocycles. The number of hydrogen-bond donors (Lipinski definition) is 2. The Labute approximate surface area is 91.8 Å². The van der Waals surface area contributed by atoms with Crippen molar-refractivity contribution in [3.05, 3.63) is 0 Å².